The van der Waals surface area contributed by atoms with Crippen LogP contribution in [0.3, 0.4) is 0 Å². The molecule has 0 spiro atoms. The largest absolute Gasteiger partial charge is 0.508 e. The normalized spacial score (nSPS) is 9.81. The number of benzene rings is 2. The fraction of sp³-hybridized carbons (Fsp3) is 0.185. The number of amides is 2. The molecule has 1 heterocycles. The third-order valence-electron chi connectivity index (χ3n) is 4.14. The molecule has 2 amide bonds. The second-order valence-electron chi connectivity index (χ2n) is 7.41. The first-order chi connectivity index (χ1) is 17.6. The molecular formula is C27H33FN4O5. The Morgan fingerprint density at radius 2 is 1.73 bits per heavy atom. The molecule has 9 nitrogen and oxygen atoms in total. The summed E-state index contributed by atoms with van der Waals surface area (Å²) in [7, 11) is 0. The molecule has 3 aromatic rings. The van der Waals surface area contributed by atoms with Crippen LogP contribution in [0.2, 0.25) is 0 Å². The lowest BCUT2D eigenvalue weighted by molar-refractivity contribution is -0.117. The number of nitrogens with two attached hydrogens (primary N) is 2. The number of aromatic hydroxyl groups is 1. The number of carbonyl (C=O) groups is 3. The highest BCUT2D eigenvalue weighted by Gasteiger charge is 1.99. The molecule has 37 heavy (non-hydrogen) atoms. The van der Waals surface area contributed by atoms with E-state index in [1.54, 1.807) is 61.5 Å². The molecule has 0 radical (unpaired) electrons. The minimum atomic E-state index is -0.389. The molecule has 198 valence electrons. The molecule has 3 rings (SSSR count). The molecule has 0 saturated carbocycles. The lowest BCUT2D eigenvalue weighted by Gasteiger charge is -2.03. The quantitative estimate of drug-likeness (QED) is 0.201. The van der Waals surface area contributed by atoms with Gasteiger partial charge in [-0.2, -0.15) is 0 Å². The van der Waals surface area contributed by atoms with E-state index >= 15 is 0 Å². The van der Waals surface area contributed by atoms with Crippen LogP contribution in [-0.4, -0.2) is 28.7 Å². The Kier molecular flexibility index (Phi) is 17.1. The highest BCUT2D eigenvalue weighted by Crippen LogP contribution is 2.20. The molecule has 0 bridgehead atoms. The number of phenolic OH excluding ortho intramolecular Hbond substituents is 1. The number of phenols is 1. The molecule has 1 aromatic heterocycles. The first-order valence-corrected chi connectivity index (χ1v) is 11.0. The second-order valence-corrected chi connectivity index (χ2v) is 7.41. The predicted octanol–water partition coefficient (Wildman–Crippen LogP) is 4.12. The number of rotatable bonds is 8. The van der Waals surface area contributed by atoms with Crippen LogP contribution in [-0.2, 0) is 20.9 Å². The summed E-state index contributed by atoms with van der Waals surface area (Å²) in [6, 6.07) is 16.3. The van der Waals surface area contributed by atoms with Gasteiger partial charge in [0, 0.05) is 24.7 Å². The maximum Gasteiger partial charge on any atom is 0.219 e. The van der Waals surface area contributed by atoms with Gasteiger partial charge in [-0.1, -0.05) is 25.1 Å². The number of halogens is 1. The van der Waals surface area contributed by atoms with Crippen molar-refractivity contribution >= 4 is 24.3 Å². The van der Waals surface area contributed by atoms with E-state index in [0.29, 0.717) is 42.6 Å². The topological polar surface area (TPSA) is 158 Å². The number of hydrogen-bond acceptors (Lipinski definition) is 7. The first-order valence-electron chi connectivity index (χ1n) is 11.0. The number of aromatic nitrogens is 1. The maximum atomic E-state index is 12.5. The summed E-state index contributed by atoms with van der Waals surface area (Å²) >= 11 is 0. The highest BCUT2D eigenvalue weighted by molar-refractivity contribution is 5.75. The second kappa shape index (κ2) is 19.6. The molecule has 10 heteroatoms. The number of hydrogen-bond donors (Lipinski definition) is 4. The molecule has 0 aliphatic carbocycles. The highest BCUT2D eigenvalue weighted by atomic mass is 19.1. The number of nitrogens with zero attached hydrogens (tertiary/aromatic N) is 1. The van der Waals surface area contributed by atoms with Crippen molar-refractivity contribution in [3.8, 4) is 17.4 Å². The van der Waals surface area contributed by atoms with Crippen molar-refractivity contribution in [1.29, 1.82) is 0 Å². The fourth-order valence-electron chi connectivity index (χ4n) is 2.39. The fourth-order valence-corrected chi connectivity index (χ4v) is 2.39. The van der Waals surface area contributed by atoms with Crippen molar-refractivity contribution in [2.45, 2.75) is 26.8 Å². The summed E-state index contributed by atoms with van der Waals surface area (Å²) in [6.07, 6.45) is 4.42. The number of allylic oxidation sites excluding steroid dienone is 1. The van der Waals surface area contributed by atoms with Crippen molar-refractivity contribution in [2.24, 2.45) is 11.7 Å². The van der Waals surface area contributed by atoms with Crippen LogP contribution in [0.15, 0.2) is 79.5 Å². The summed E-state index contributed by atoms with van der Waals surface area (Å²) in [5.41, 5.74) is 11.3. The summed E-state index contributed by atoms with van der Waals surface area (Å²) in [5, 5.41) is 11.4. The predicted molar refractivity (Wildman–Crippen MR) is 141 cm³/mol. The van der Waals surface area contributed by atoms with Crippen LogP contribution >= 0.6 is 0 Å². The molecule has 0 fully saturated rings. The summed E-state index contributed by atoms with van der Waals surface area (Å²) in [4.78, 5) is 32.6. The van der Waals surface area contributed by atoms with Gasteiger partial charge in [0.2, 0.25) is 18.7 Å². The van der Waals surface area contributed by atoms with Gasteiger partial charge >= 0.3 is 0 Å². The van der Waals surface area contributed by atoms with Gasteiger partial charge in [0.25, 0.3) is 0 Å². The number of ketones is 1. The number of nitrogen functional groups attached to an aromatic ring is 1. The minimum absolute atomic E-state index is 0.234. The van der Waals surface area contributed by atoms with Crippen molar-refractivity contribution in [2.75, 3.05) is 5.73 Å². The molecule has 0 aliphatic rings. The van der Waals surface area contributed by atoms with E-state index in [2.05, 4.69) is 22.6 Å². The molecule has 2 aromatic carbocycles. The van der Waals surface area contributed by atoms with Crippen LogP contribution in [0, 0.1) is 11.7 Å². The zero-order chi connectivity index (χ0) is 28.1. The number of Topliss-reactive ketones (excluding diaryl/α,β-unsaturated/α-hetero) is 1. The van der Waals surface area contributed by atoms with Crippen molar-refractivity contribution in [3.05, 3.63) is 90.9 Å². The lowest BCUT2D eigenvalue weighted by Crippen LogP contribution is -2.09. The van der Waals surface area contributed by atoms with E-state index in [1.807, 2.05) is 6.92 Å². The van der Waals surface area contributed by atoms with Crippen LogP contribution in [0.25, 0.3) is 0 Å². The van der Waals surface area contributed by atoms with Gasteiger partial charge in [0.1, 0.15) is 23.1 Å². The number of primary amides is 1. The zero-order valence-corrected chi connectivity index (χ0v) is 20.8. The Bertz CT molecular complexity index is 1020. The number of pyridine rings is 1. The van der Waals surface area contributed by atoms with Gasteiger partial charge in [-0.3, -0.25) is 9.59 Å². The Morgan fingerprint density at radius 3 is 2.16 bits per heavy atom. The first kappa shape index (κ1) is 32.3. The zero-order valence-electron chi connectivity index (χ0n) is 20.8. The standard InChI is InChI=1S/C11H9FN2O.C8H9NO2.C7H12O.CH3NO/c12-8-1-6-11(14-7-8)15-10-4-2-9(13)3-5-10;10-6-9-5-7-1-3-8(11)4-2-7;1-4-6(2)5-7(3)8;2-1-3/h1-7H,13H2;1-4,6,11H,5H2,(H,9,10);4,6H,1,5H2,2-3H3;1H,(H2,2,3)/t;;6-;/m..1./s1. The van der Waals surface area contributed by atoms with Gasteiger partial charge in [-0.15, -0.1) is 6.58 Å². The molecule has 6 N–H and O–H groups in total. The van der Waals surface area contributed by atoms with E-state index in [9.17, 15) is 14.0 Å². The smallest absolute Gasteiger partial charge is 0.219 e. The van der Waals surface area contributed by atoms with Gasteiger partial charge in [-0.05, 0) is 60.9 Å². The third-order valence-corrected chi connectivity index (χ3v) is 4.14. The molecule has 0 unspecified atom stereocenters. The van der Waals surface area contributed by atoms with Gasteiger partial charge in [0.15, 0.2) is 0 Å². The number of anilines is 1. The average Bonchev–Trinajstić information content (AvgIpc) is 2.87. The van der Waals surface area contributed by atoms with Crippen LogP contribution in [0.4, 0.5) is 10.1 Å². The number of ether oxygens (including phenoxy) is 1. The monoisotopic (exact) mass is 512 g/mol. The molecular weight excluding hydrogens is 479 g/mol. The number of carbonyl (C=O) groups excluding carboxylic acids is 3. The molecule has 0 aliphatic heterocycles. The van der Waals surface area contributed by atoms with Crippen molar-refractivity contribution in [1.82, 2.24) is 10.3 Å². The Morgan fingerprint density at radius 1 is 1.14 bits per heavy atom. The minimum Gasteiger partial charge on any atom is -0.508 e. The van der Waals surface area contributed by atoms with Gasteiger partial charge in [0.05, 0.1) is 6.20 Å². The van der Waals surface area contributed by atoms with E-state index in [-0.39, 0.29) is 23.8 Å². The van der Waals surface area contributed by atoms with E-state index in [4.69, 9.17) is 20.4 Å². The van der Waals surface area contributed by atoms with E-state index < -0.39 is 0 Å². The maximum absolute atomic E-state index is 12.5. The van der Waals surface area contributed by atoms with Gasteiger partial charge < -0.3 is 31.4 Å². The average molecular weight is 513 g/mol. The van der Waals surface area contributed by atoms with Crippen molar-refractivity contribution in [3.63, 3.8) is 0 Å². The van der Waals surface area contributed by atoms with Crippen molar-refractivity contribution < 1.29 is 28.6 Å². The molecule has 0 saturated heterocycles. The Balaban J connectivity index is 0.000000522. The SMILES string of the molecule is C=C[C@@H](C)CC(C)=O.NC=O.Nc1ccc(Oc2ccc(F)cn2)cc1.O=CNCc1ccc(O)cc1. The third kappa shape index (κ3) is 17.4. The summed E-state index contributed by atoms with van der Waals surface area (Å²) in [6.45, 7) is 7.64. The van der Waals surface area contributed by atoms with E-state index in [0.717, 1.165) is 11.8 Å². The Labute approximate surface area is 216 Å². The van der Waals surface area contributed by atoms with E-state index in [1.165, 1.54) is 12.1 Å². The van der Waals surface area contributed by atoms with Crippen LogP contribution in [0.1, 0.15) is 25.8 Å². The summed E-state index contributed by atoms with van der Waals surface area (Å²) in [5.74, 6) is 1.38. The lowest BCUT2D eigenvalue weighted by atomic mass is 10.1. The van der Waals surface area contributed by atoms with Crippen LogP contribution < -0.4 is 21.5 Å². The molecule has 1 atom stereocenters. The van der Waals surface area contributed by atoms with Gasteiger partial charge in [-0.25, -0.2) is 9.37 Å². The number of nitrogens with one attached hydrogen (secondary N) is 1. The van der Waals surface area contributed by atoms with Crippen LogP contribution in [0.5, 0.6) is 17.4 Å². The Hall–Kier alpha value is -4.73. The summed E-state index contributed by atoms with van der Waals surface area (Å²) < 4.78 is 17.9.